The number of aliphatic hydroxyl groups is 1. The van der Waals surface area contributed by atoms with E-state index in [1.165, 1.54) is 6.92 Å². The molecule has 0 aliphatic carbocycles. The number of hydrogen-bond acceptors (Lipinski definition) is 5. The van der Waals surface area contributed by atoms with Gasteiger partial charge in [0.15, 0.2) is 0 Å². The molecule has 0 aliphatic rings. The molecule has 0 radical (unpaired) electrons. The lowest BCUT2D eigenvalue weighted by atomic mass is 10.2. The molecule has 0 unspecified atom stereocenters. The number of nitrogens with one attached hydrogen (secondary N) is 1. The number of nitro groups is 1. The number of nitrogens with zero attached hydrogens (tertiary/aromatic N) is 1. The molecule has 106 valence electrons. The van der Waals surface area contributed by atoms with Crippen LogP contribution in [-0.4, -0.2) is 31.6 Å². The summed E-state index contributed by atoms with van der Waals surface area (Å²) in [6.07, 6.45) is 0.251. The summed E-state index contributed by atoms with van der Waals surface area (Å²) in [7, 11) is -3.88. The van der Waals surface area contributed by atoms with E-state index in [9.17, 15) is 18.5 Å². The molecular weight excluding hydrogens is 296 g/mol. The van der Waals surface area contributed by atoms with Crippen LogP contribution in [0.15, 0.2) is 17.0 Å². The quantitative estimate of drug-likeness (QED) is 0.466. The predicted molar refractivity (Wildman–Crippen MR) is 69.7 cm³/mol. The fraction of sp³-hybridized carbons (Fsp3) is 0.400. The molecule has 0 heterocycles. The van der Waals surface area contributed by atoms with Gasteiger partial charge in [-0.3, -0.25) is 10.1 Å². The van der Waals surface area contributed by atoms with Crippen molar-refractivity contribution in [2.75, 3.05) is 13.2 Å². The Hall–Kier alpha value is -1.22. The summed E-state index contributed by atoms with van der Waals surface area (Å²) in [5, 5.41) is 19.4. The third-order valence-electron chi connectivity index (χ3n) is 2.42. The molecule has 0 atom stereocenters. The van der Waals surface area contributed by atoms with Crippen molar-refractivity contribution in [1.29, 1.82) is 0 Å². The molecule has 0 amide bonds. The number of aliphatic hydroxyl groups excluding tert-OH is 1. The smallest absolute Gasteiger partial charge is 0.275 e. The lowest BCUT2D eigenvalue weighted by Gasteiger charge is -2.08. The van der Waals surface area contributed by atoms with Gasteiger partial charge in [-0.15, -0.1) is 0 Å². The van der Waals surface area contributed by atoms with Gasteiger partial charge in [-0.05, 0) is 19.4 Å². The van der Waals surface area contributed by atoms with Crippen LogP contribution in [0.4, 0.5) is 5.69 Å². The highest BCUT2D eigenvalue weighted by molar-refractivity contribution is 7.89. The van der Waals surface area contributed by atoms with Crippen LogP contribution in [0.5, 0.6) is 0 Å². The lowest BCUT2D eigenvalue weighted by molar-refractivity contribution is -0.385. The second kappa shape index (κ2) is 6.29. The van der Waals surface area contributed by atoms with Crippen LogP contribution in [0.2, 0.25) is 5.02 Å². The number of nitro benzene ring substituents is 1. The first-order valence-corrected chi connectivity index (χ1v) is 7.20. The zero-order chi connectivity index (χ0) is 14.6. The van der Waals surface area contributed by atoms with Crippen molar-refractivity contribution in [3.63, 3.8) is 0 Å². The summed E-state index contributed by atoms with van der Waals surface area (Å²) < 4.78 is 26.0. The number of hydrogen-bond donors (Lipinski definition) is 2. The standard InChI is InChI=1S/C10H13ClN2O5S/c1-7-9(11)5-8(6-10(7)13(15)16)19(17,18)12-3-2-4-14/h5-6,12,14H,2-4H2,1H3. The molecule has 19 heavy (non-hydrogen) atoms. The van der Waals surface area contributed by atoms with E-state index >= 15 is 0 Å². The second-order valence-corrected chi connectivity index (χ2v) is 5.96. The van der Waals surface area contributed by atoms with E-state index in [1.54, 1.807) is 0 Å². The molecule has 0 aliphatic heterocycles. The average Bonchev–Trinajstić information content (AvgIpc) is 2.32. The minimum atomic E-state index is -3.88. The number of benzene rings is 1. The normalized spacial score (nSPS) is 11.5. The third kappa shape index (κ3) is 3.87. The maximum atomic E-state index is 11.9. The van der Waals surface area contributed by atoms with Gasteiger partial charge >= 0.3 is 0 Å². The van der Waals surface area contributed by atoms with Gasteiger partial charge < -0.3 is 5.11 Å². The largest absolute Gasteiger partial charge is 0.396 e. The van der Waals surface area contributed by atoms with E-state index < -0.39 is 14.9 Å². The number of rotatable bonds is 6. The summed E-state index contributed by atoms with van der Waals surface area (Å²) >= 11 is 5.79. The molecule has 0 bridgehead atoms. The van der Waals surface area contributed by atoms with Crippen LogP contribution in [0.3, 0.4) is 0 Å². The van der Waals surface area contributed by atoms with Gasteiger partial charge in [0, 0.05) is 24.8 Å². The van der Waals surface area contributed by atoms with E-state index in [4.69, 9.17) is 16.7 Å². The van der Waals surface area contributed by atoms with Crippen LogP contribution in [0.1, 0.15) is 12.0 Å². The van der Waals surface area contributed by atoms with Gasteiger partial charge in [0.1, 0.15) is 0 Å². The van der Waals surface area contributed by atoms with Crippen LogP contribution in [-0.2, 0) is 10.0 Å². The first kappa shape index (κ1) is 15.8. The highest BCUT2D eigenvalue weighted by atomic mass is 35.5. The maximum Gasteiger partial charge on any atom is 0.275 e. The lowest BCUT2D eigenvalue weighted by Crippen LogP contribution is -2.25. The first-order valence-electron chi connectivity index (χ1n) is 5.34. The van der Waals surface area contributed by atoms with Gasteiger partial charge in [0.2, 0.25) is 10.0 Å². The molecule has 7 nitrogen and oxygen atoms in total. The second-order valence-electron chi connectivity index (χ2n) is 3.78. The van der Waals surface area contributed by atoms with Gasteiger partial charge in [-0.25, -0.2) is 13.1 Å². The Morgan fingerprint density at radius 3 is 2.63 bits per heavy atom. The molecule has 1 aromatic rings. The molecule has 0 fully saturated rings. The average molecular weight is 309 g/mol. The Balaban J connectivity index is 3.17. The van der Waals surface area contributed by atoms with E-state index in [2.05, 4.69) is 4.72 Å². The highest BCUT2D eigenvalue weighted by Gasteiger charge is 2.22. The van der Waals surface area contributed by atoms with E-state index in [1.807, 2.05) is 0 Å². The minimum Gasteiger partial charge on any atom is -0.396 e. The summed E-state index contributed by atoms with van der Waals surface area (Å²) in [5.41, 5.74) is -0.143. The van der Waals surface area contributed by atoms with Crippen molar-refractivity contribution >= 4 is 27.3 Å². The van der Waals surface area contributed by atoms with Crippen LogP contribution in [0.25, 0.3) is 0 Å². The van der Waals surface area contributed by atoms with E-state index in [0.717, 1.165) is 12.1 Å². The molecule has 9 heteroatoms. The first-order chi connectivity index (χ1) is 8.79. The Morgan fingerprint density at radius 1 is 1.47 bits per heavy atom. The fourth-order valence-electron chi connectivity index (χ4n) is 1.35. The van der Waals surface area contributed by atoms with Crippen LogP contribution >= 0.6 is 11.6 Å². The van der Waals surface area contributed by atoms with Crippen LogP contribution in [0, 0.1) is 17.0 Å². The molecule has 0 saturated heterocycles. The Labute approximate surface area is 115 Å². The van der Waals surface area contributed by atoms with Crippen molar-refractivity contribution in [2.45, 2.75) is 18.2 Å². The topological polar surface area (TPSA) is 110 Å². The Morgan fingerprint density at radius 2 is 2.11 bits per heavy atom. The minimum absolute atomic E-state index is 0.0109. The van der Waals surface area contributed by atoms with Gasteiger partial charge in [0.05, 0.1) is 14.8 Å². The number of halogens is 1. The molecule has 0 spiro atoms. The summed E-state index contributed by atoms with van der Waals surface area (Å²) in [5.74, 6) is 0. The summed E-state index contributed by atoms with van der Waals surface area (Å²) in [6, 6.07) is 2.12. The monoisotopic (exact) mass is 308 g/mol. The van der Waals surface area contributed by atoms with Crippen molar-refractivity contribution < 1.29 is 18.4 Å². The van der Waals surface area contributed by atoms with Crippen molar-refractivity contribution in [3.8, 4) is 0 Å². The van der Waals surface area contributed by atoms with Gasteiger partial charge in [-0.2, -0.15) is 0 Å². The Bertz CT molecular complexity index is 588. The maximum absolute atomic E-state index is 11.9. The van der Waals surface area contributed by atoms with Gasteiger partial charge in [-0.1, -0.05) is 11.6 Å². The molecule has 0 aromatic heterocycles. The van der Waals surface area contributed by atoms with Gasteiger partial charge in [0.25, 0.3) is 5.69 Å². The molecule has 1 rings (SSSR count). The summed E-state index contributed by atoms with van der Waals surface area (Å²) in [6.45, 7) is 1.32. The SMILES string of the molecule is Cc1c(Cl)cc(S(=O)(=O)NCCCO)cc1[N+](=O)[O-]. The molecule has 0 saturated carbocycles. The molecule has 1 aromatic carbocycles. The Kier molecular flexibility index (Phi) is 5.24. The molecular formula is C10H13ClN2O5S. The zero-order valence-electron chi connectivity index (χ0n) is 10.1. The molecule has 2 N–H and O–H groups in total. The van der Waals surface area contributed by atoms with E-state index in [-0.39, 0.29) is 40.7 Å². The zero-order valence-corrected chi connectivity index (χ0v) is 11.7. The van der Waals surface area contributed by atoms with E-state index in [0.29, 0.717) is 0 Å². The van der Waals surface area contributed by atoms with Crippen molar-refractivity contribution in [2.24, 2.45) is 0 Å². The number of sulfonamides is 1. The fourth-order valence-corrected chi connectivity index (χ4v) is 2.75. The highest BCUT2D eigenvalue weighted by Crippen LogP contribution is 2.29. The predicted octanol–water partition coefficient (Wildman–Crippen LogP) is 1.22. The van der Waals surface area contributed by atoms with Crippen molar-refractivity contribution in [3.05, 3.63) is 32.8 Å². The van der Waals surface area contributed by atoms with Crippen LogP contribution < -0.4 is 4.72 Å². The summed E-state index contributed by atoms with van der Waals surface area (Å²) in [4.78, 5) is 9.85. The third-order valence-corrected chi connectivity index (χ3v) is 4.26. The van der Waals surface area contributed by atoms with Crippen molar-refractivity contribution in [1.82, 2.24) is 4.72 Å².